The molecule has 1 fully saturated rings. The molecule has 1 heterocycles. The number of ether oxygens (including phenoxy) is 1. The first kappa shape index (κ1) is 13.9. The van der Waals surface area contributed by atoms with E-state index in [0.29, 0.717) is 6.61 Å². The van der Waals surface area contributed by atoms with E-state index in [0.717, 1.165) is 31.9 Å². The van der Waals surface area contributed by atoms with Gasteiger partial charge in [-0.2, -0.15) is 5.26 Å². The first-order valence-corrected chi connectivity index (χ1v) is 6.74. The second kappa shape index (κ2) is 6.55. The normalized spacial score (nSPS) is 19.9. The zero-order chi connectivity index (χ0) is 13.7. The minimum absolute atomic E-state index is 0.0309. The van der Waals surface area contributed by atoms with Crippen LogP contribution in [0.25, 0.3) is 0 Å². The molecule has 0 aliphatic carbocycles. The van der Waals surface area contributed by atoms with Gasteiger partial charge in [0.05, 0.1) is 6.07 Å². The predicted molar refractivity (Wildman–Crippen MR) is 75.3 cm³/mol. The third-order valence-electron chi connectivity index (χ3n) is 3.35. The second-order valence-electron chi connectivity index (χ2n) is 5.06. The third-order valence-corrected chi connectivity index (χ3v) is 3.35. The van der Waals surface area contributed by atoms with Crippen molar-refractivity contribution in [3.05, 3.63) is 29.3 Å². The molecule has 0 spiro atoms. The lowest BCUT2D eigenvalue weighted by Crippen LogP contribution is -2.51. The molecule has 1 aromatic carbocycles. The summed E-state index contributed by atoms with van der Waals surface area (Å²) in [4.78, 5) is 2.18. The molecule has 1 saturated heterocycles. The van der Waals surface area contributed by atoms with Gasteiger partial charge in [-0.25, -0.2) is 0 Å². The maximum Gasteiger partial charge on any atom is 0.119 e. The largest absolute Gasteiger partial charge is 0.492 e. The van der Waals surface area contributed by atoms with Crippen molar-refractivity contribution in [3.63, 3.8) is 0 Å². The van der Waals surface area contributed by atoms with E-state index in [4.69, 9.17) is 10.00 Å². The standard InChI is InChI=1S/C15H21N3O/c1-12-7-13(2)9-15(8-12)19-6-5-18-4-3-17-11-14(18)10-16/h7-9,14,17H,3-6,11H2,1-2H3. The fourth-order valence-corrected chi connectivity index (χ4v) is 2.44. The van der Waals surface area contributed by atoms with E-state index in [9.17, 15) is 0 Å². The van der Waals surface area contributed by atoms with E-state index in [1.165, 1.54) is 11.1 Å². The van der Waals surface area contributed by atoms with E-state index in [1.54, 1.807) is 0 Å². The molecule has 0 radical (unpaired) electrons. The van der Waals surface area contributed by atoms with E-state index >= 15 is 0 Å². The van der Waals surface area contributed by atoms with Gasteiger partial charge in [0.1, 0.15) is 18.4 Å². The van der Waals surface area contributed by atoms with Crippen molar-refractivity contribution in [1.82, 2.24) is 10.2 Å². The third kappa shape index (κ3) is 3.95. The lowest BCUT2D eigenvalue weighted by Gasteiger charge is -2.31. The van der Waals surface area contributed by atoms with Crippen molar-refractivity contribution in [2.75, 3.05) is 32.8 Å². The summed E-state index contributed by atoms with van der Waals surface area (Å²) in [5, 5.41) is 12.3. The monoisotopic (exact) mass is 259 g/mol. The smallest absolute Gasteiger partial charge is 0.119 e. The SMILES string of the molecule is Cc1cc(C)cc(OCCN2CCNCC2C#N)c1. The summed E-state index contributed by atoms with van der Waals surface area (Å²) in [5.74, 6) is 0.918. The van der Waals surface area contributed by atoms with Crippen LogP contribution < -0.4 is 10.1 Å². The summed E-state index contributed by atoms with van der Waals surface area (Å²) in [7, 11) is 0. The molecule has 2 rings (SSSR count). The zero-order valence-electron chi connectivity index (χ0n) is 11.6. The number of hydrogen-bond donors (Lipinski definition) is 1. The minimum Gasteiger partial charge on any atom is -0.492 e. The van der Waals surface area contributed by atoms with Crippen LogP contribution in [0, 0.1) is 25.2 Å². The van der Waals surface area contributed by atoms with Crippen LogP contribution in [0.15, 0.2) is 18.2 Å². The van der Waals surface area contributed by atoms with Crippen molar-refractivity contribution < 1.29 is 4.74 Å². The summed E-state index contributed by atoms with van der Waals surface area (Å²) in [6.07, 6.45) is 0. The number of nitriles is 1. The molecule has 1 aromatic rings. The Morgan fingerprint density at radius 1 is 1.37 bits per heavy atom. The van der Waals surface area contributed by atoms with Crippen molar-refractivity contribution in [1.29, 1.82) is 5.26 Å². The van der Waals surface area contributed by atoms with E-state index in [2.05, 4.69) is 36.2 Å². The van der Waals surface area contributed by atoms with Gasteiger partial charge in [-0.1, -0.05) is 6.07 Å². The second-order valence-corrected chi connectivity index (χ2v) is 5.06. The lowest BCUT2D eigenvalue weighted by atomic mass is 10.1. The average molecular weight is 259 g/mol. The molecule has 0 amide bonds. The molecule has 4 nitrogen and oxygen atoms in total. The van der Waals surface area contributed by atoms with Crippen LogP contribution in [0.5, 0.6) is 5.75 Å². The average Bonchev–Trinajstić information content (AvgIpc) is 2.38. The van der Waals surface area contributed by atoms with Crippen LogP contribution in [0.1, 0.15) is 11.1 Å². The molecule has 102 valence electrons. The number of aryl methyl sites for hydroxylation is 2. The van der Waals surface area contributed by atoms with Crippen LogP contribution in [-0.2, 0) is 0 Å². The van der Waals surface area contributed by atoms with Crippen LogP contribution >= 0.6 is 0 Å². The molecule has 1 unspecified atom stereocenters. The van der Waals surface area contributed by atoms with Gasteiger partial charge in [0.15, 0.2) is 0 Å². The number of nitrogens with one attached hydrogen (secondary N) is 1. The Kier molecular flexibility index (Phi) is 4.78. The van der Waals surface area contributed by atoms with Gasteiger partial charge in [-0.3, -0.25) is 4.90 Å². The van der Waals surface area contributed by atoms with E-state index in [1.807, 2.05) is 12.1 Å². The van der Waals surface area contributed by atoms with Crippen LogP contribution in [0.2, 0.25) is 0 Å². The van der Waals surface area contributed by atoms with Gasteiger partial charge in [0, 0.05) is 26.2 Å². The highest BCUT2D eigenvalue weighted by Gasteiger charge is 2.21. The topological polar surface area (TPSA) is 48.3 Å². The molecule has 1 N–H and O–H groups in total. The number of benzene rings is 1. The Labute approximate surface area is 115 Å². The first-order valence-electron chi connectivity index (χ1n) is 6.74. The van der Waals surface area contributed by atoms with Crippen molar-refractivity contribution in [2.24, 2.45) is 0 Å². The molecular weight excluding hydrogens is 238 g/mol. The van der Waals surface area contributed by atoms with Gasteiger partial charge in [0.25, 0.3) is 0 Å². The Hall–Kier alpha value is -1.57. The predicted octanol–water partition coefficient (Wildman–Crippen LogP) is 1.48. The van der Waals surface area contributed by atoms with Crippen molar-refractivity contribution >= 4 is 0 Å². The summed E-state index contributed by atoms with van der Waals surface area (Å²) in [6.45, 7) is 8.17. The van der Waals surface area contributed by atoms with Gasteiger partial charge in [-0.05, 0) is 37.1 Å². The maximum atomic E-state index is 9.08. The highest BCUT2D eigenvalue weighted by Crippen LogP contribution is 2.16. The summed E-state index contributed by atoms with van der Waals surface area (Å²) < 4.78 is 5.79. The Bertz CT molecular complexity index is 447. The van der Waals surface area contributed by atoms with Gasteiger partial charge < -0.3 is 10.1 Å². The van der Waals surface area contributed by atoms with Crippen LogP contribution in [-0.4, -0.2) is 43.7 Å². The number of nitrogens with zero attached hydrogens (tertiary/aromatic N) is 2. The van der Waals surface area contributed by atoms with Gasteiger partial charge in [0.2, 0.25) is 0 Å². The zero-order valence-corrected chi connectivity index (χ0v) is 11.6. The fraction of sp³-hybridized carbons (Fsp3) is 0.533. The van der Waals surface area contributed by atoms with E-state index in [-0.39, 0.29) is 6.04 Å². The minimum atomic E-state index is -0.0309. The summed E-state index contributed by atoms with van der Waals surface area (Å²) >= 11 is 0. The Balaban J connectivity index is 1.84. The lowest BCUT2D eigenvalue weighted by molar-refractivity contribution is 0.161. The molecule has 4 heteroatoms. The van der Waals surface area contributed by atoms with E-state index < -0.39 is 0 Å². The molecule has 0 bridgehead atoms. The molecule has 1 atom stereocenters. The molecule has 0 aromatic heterocycles. The summed E-state index contributed by atoms with van der Waals surface area (Å²) in [6, 6.07) is 8.53. The molecule has 19 heavy (non-hydrogen) atoms. The van der Waals surface area contributed by atoms with Crippen molar-refractivity contribution in [2.45, 2.75) is 19.9 Å². The highest BCUT2D eigenvalue weighted by atomic mass is 16.5. The highest BCUT2D eigenvalue weighted by molar-refractivity contribution is 5.32. The molecular formula is C15H21N3O. The van der Waals surface area contributed by atoms with Crippen LogP contribution in [0.4, 0.5) is 0 Å². The first-order chi connectivity index (χ1) is 9.19. The van der Waals surface area contributed by atoms with Crippen LogP contribution in [0.3, 0.4) is 0 Å². The van der Waals surface area contributed by atoms with Gasteiger partial charge >= 0.3 is 0 Å². The fourth-order valence-electron chi connectivity index (χ4n) is 2.44. The van der Waals surface area contributed by atoms with Gasteiger partial charge in [-0.15, -0.1) is 0 Å². The molecule has 1 aliphatic heterocycles. The number of piperazine rings is 1. The Morgan fingerprint density at radius 2 is 2.11 bits per heavy atom. The number of hydrogen-bond acceptors (Lipinski definition) is 4. The summed E-state index contributed by atoms with van der Waals surface area (Å²) in [5.41, 5.74) is 2.43. The molecule has 1 aliphatic rings. The van der Waals surface area contributed by atoms with Crippen molar-refractivity contribution in [3.8, 4) is 11.8 Å². The number of rotatable bonds is 4. The Morgan fingerprint density at radius 3 is 2.79 bits per heavy atom. The maximum absolute atomic E-state index is 9.08. The quantitative estimate of drug-likeness (QED) is 0.890. The molecule has 0 saturated carbocycles.